The number of Topliss-reactive ketones (excluding diaryl/α,β-unsaturated/α-hetero) is 1. The smallest absolute Gasteiger partial charge is 0.321 e. The van der Waals surface area contributed by atoms with E-state index in [1.54, 1.807) is 6.92 Å². The first-order chi connectivity index (χ1) is 9.86. The lowest BCUT2D eigenvalue weighted by Gasteiger charge is -2.06. The molecule has 1 aromatic rings. The van der Waals surface area contributed by atoms with E-state index >= 15 is 0 Å². The van der Waals surface area contributed by atoms with Crippen molar-refractivity contribution in [3.8, 4) is 0 Å². The summed E-state index contributed by atoms with van der Waals surface area (Å²) in [6, 6.07) is 5.43. The third kappa shape index (κ3) is 5.65. The number of benzene rings is 1. The van der Waals surface area contributed by atoms with Crippen molar-refractivity contribution in [3.63, 3.8) is 0 Å². The molecule has 116 valence electrons. The van der Waals surface area contributed by atoms with E-state index in [0.29, 0.717) is 12.2 Å². The molecule has 0 amide bonds. The van der Waals surface area contributed by atoms with Gasteiger partial charge in [0.2, 0.25) is 0 Å². The van der Waals surface area contributed by atoms with Gasteiger partial charge in [-0.05, 0) is 26.0 Å². The van der Waals surface area contributed by atoms with Crippen LogP contribution in [-0.2, 0) is 24.1 Å². The van der Waals surface area contributed by atoms with E-state index in [1.165, 1.54) is 31.2 Å². The van der Waals surface area contributed by atoms with Gasteiger partial charge in [0.25, 0.3) is 0 Å². The first-order valence-electron chi connectivity index (χ1n) is 6.44. The lowest BCUT2D eigenvalue weighted by Crippen LogP contribution is -2.20. The Morgan fingerprint density at radius 3 is 2.24 bits per heavy atom. The van der Waals surface area contributed by atoms with Gasteiger partial charge in [0, 0.05) is 12.2 Å². The molecule has 0 fully saturated rings. The fourth-order valence-electron chi connectivity index (χ4n) is 1.54. The molecule has 0 spiro atoms. The van der Waals surface area contributed by atoms with Crippen LogP contribution in [-0.4, -0.2) is 45.7 Å². The van der Waals surface area contributed by atoms with Crippen molar-refractivity contribution < 1.29 is 27.5 Å². The van der Waals surface area contributed by atoms with Crippen LogP contribution in [0.3, 0.4) is 0 Å². The molecule has 0 heterocycles. The van der Waals surface area contributed by atoms with Gasteiger partial charge in [-0.25, -0.2) is 8.42 Å². The van der Waals surface area contributed by atoms with Crippen molar-refractivity contribution in [1.29, 1.82) is 0 Å². The number of esters is 1. The zero-order chi connectivity index (χ0) is 15.9. The van der Waals surface area contributed by atoms with Crippen molar-refractivity contribution in [2.75, 3.05) is 25.6 Å². The highest BCUT2D eigenvalue weighted by Crippen LogP contribution is 2.13. The first kappa shape index (κ1) is 17.3. The van der Waals surface area contributed by atoms with Gasteiger partial charge >= 0.3 is 5.97 Å². The summed E-state index contributed by atoms with van der Waals surface area (Å²) in [5.74, 6) is -1.72. The van der Waals surface area contributed by atoms with Gasteiger partial charge in [0.15, 0.2) is 21.4 Å². The largest absolute Gasteiger partial charge is 0.462 e. The molecule has 0 saturated carbocycles. The summed E-state index contributed by atoms with van der Waals surface area (Å²) in [4.78, 5) is 22.6. The van der Waals surface area contributed by atoms with Crippen LogP contribution in [0.1, 0.15) is 24.2 Å². The number of sulfone groups is 1. The van der Waals surface area contributed by atoms with Crippen molar-refractivity contribution in [2.24, 2.45) is 0 Å². The molecular formula is C14H18O6S. The van der Waals surface area contributed by atoms with Crippen LogP contribution in [0.5, 0.6) is 0 Å². The summed E-state index contributed by atoms with van der Waals surface area (Å²) >= 11 is 0. The average Bonchev–Trinajstić information content (AvgIpc) is 2.43. The molecule has 0 radical (unpaired) electrons. The minimum Gasteiger partial charge on any atom is -0.462 e. The maximum atomic E-state index is 12.0. The fraction of sp³-hybridized carbons (Fsp3) is 0.429. The second-order valence-electron chi connectivity index (χ2n) is 4.26. The maximum Gasteiger partial charge on any atom is 0.321 e. The van der Waals surface area contributed by atoms with E-state index in [0.717, 1.165) is 0 Å². The number of hydrogen-bond donors (Lipinski definition) is 0. The molecule has 0 bridgehead atoms. The molecule has 0 saturated heterocycles. The van der Waals surface area contributed by atoms with E-state index in [-0.39, 0.29) is 23.9 Å². The predicted molar refractivity (Wildman–Crippen MR) is 76.0 cm³/mol. The summed E-state index contributed by atoms with van der Waals surface area (Å²) in [5.41, 5.74) is 0.410. The lowest BCUT2D eigenvalue weighted by molar-refractivity contribution is -0.142. The molecule has 0 unspecified atom stereocenters. The Kier molecular flexibility index (Phi) is 6.51. The van der Waals surface area contributed by atoms with Gasteiger partial charge in [0.05, 0.1) is 11.5 Å². The fourth-order valence-corrected chi connectivity index (χ4v) is 2.65. The Labute approximate surface area is 124 Å². The molecule has 21 heavy (non-hydrogen) atoms. The molecular weight excluding hydrogens is 296 g/mol. The highest BCUT2D eigenvalue weighted by atomic mass is 32.2. The van der Waals surface area contributed by atoms with Gasteiger partial charge < -0.3 is 9.47 Å². The zero-order valence-corrected chi connectivity index (χ0v) is 12.8. The van der Waals surface area contributed by atoms with Crippen LogP contribution in [0.4, 0.5) is 0 Å². The van der Waals surface area contributed by atoms with Crippen molar-refractivity contribution in [3.05, 3.63) is 29.8 Å². The number of rotatable bonds is 8. The quantitative estimate of drug-likeness (QED) is 0.408. The minimum atomic E-state index is -3.77. The third-order valence-electron chi connectivity index (χ3n) is 2.62. The number of hydrogen-bond acceptors (Lipinski definition) is 6. The average molecular weight is 314 g/mol. The number of carbonyl (C=O) groups is 2. The summed E-state index contributed by atoms with van der Waals surface area (Å²) < 4.78 is 33.7. The van der Waals surface area contributed by atoms with Crippen LogP contribution >= 0.6 is 0 Å². The van der Waals surface area contributed by atoms with Crippen molar-refractivity contribution >= 4 is 21.6 Å². The summed E-state index contributed by atoms with van der Waals surface area (Å²) in [7, 11) is -3.77. The minimum absolute atomic E-state index is 0.0192. The van der Waals surface area contributed by atoms with E-state index in [9.17, 15) is 18.0 Å². The molecule has 0 aliphatic carbocycles. The number of carbonyl (C=O) groups excluding carboxylic acids is 2. The van der Waals surface area contributed by atoms with Gasteiger partial charge in [-0.1, -0.05) is 12.1 Å². The SMILES string of the molecule is CCOCCOC(=O)CS(=O)(=O)c1ccc(C(C)=O)cc1. The monoisotopic (exact) mass is 314 g/mol. The van der Waals surface area contributed by atoms with Gasteiger partial charge in [-0.2, -0.15) is 0 Å². The topological polar surface area (TPSA) is 86.7 Å². The molecule has 0 aliphatic heterocycles. The van der Waals surface area contributed by atoms with E-state index < -0.39 is 21.6 Å². The van der Waals surface area contributed by atoms with Crippen molar-refractivity contribution in [2.45, 2.75) is 18.7 Å². The molecule has 1 rings (SSSR count). The Bertz CT molecular complexity index is 588. The summed E-state index contributed by atoms with van der Waals surface area (Å²) in [5, 5.41) is 0. The maximum absolute atomic E-state index is 12.0. The van der Waals surface area contributed by atoms with Crippen LogP contribution in [0, 0.1) is 0 Å². The van der Waals surface area contributed by atoms with E-state index in [2.05, 4.69) is 0 Å². The normalized spacial score (nSPS) is 11.1. The van der Waals surface area contributed by atoms with Crippen molar-refractivity contribution in [1.82, 2.24) is 0 Å². The second-order valence-corrected chi connectivity index (χ2v) is 6.25. The Morgan fingerprint density at radius 2 is 1.71 bits per heavy atom. The highest BCUT2D eigenvalue weighted by Gasteiger charge is 2.20. The third-order valence-corrected chi connectivity index (χ3v) is 4.23. The molecule has 6 nitrogen and oxygen atoms in total. The van der Waals surface area contributed by atoms with Gasteiger partial charge in [0.1, 0.15) is 6.61 Å². The van der Waals surface area contributed by atoms with E-state index in [1.807, 2.05) is 0 Å². The highest BCUT2D eigenvalue weighted by molar-refractivity contribution is 7.92. The lowest BCUT2D eigenvalue weighted by atomic mass is 10.2. The summed E-state index contributed by atoms with van der Waals surface area (Å²) in [6.07, 6.45) is 0. The Hall–Kier alpha value is -1.73. The molecule has 0 atom stereocenters. The molecule has 1 aromatic carbocycles. The van der Waals surface area contributed by atoms with Crippen LogP contribution in [0.2, 0.25) is 0 Å². The van der Waals surface area contributed by atoms with Gasteiger partial charge in [-0.3, -0.25) is 9.59 Å². The van der Waals surface area contributed by atoms with Crippen LogP contribution in [0.15, 0.2) is 29.2 Å². The predicted octanol–water partition coefficient (Wildman–Crippen LogP) is 1.24. The molecule has 0 N–H and O–H groups in total. The summed E-state index contributed by atoms with van der Waals surface area (Å²) in [6.45, 7) is 3.94. The zero-order valence-electron chi connectivity index (χ0n) is 12.0. The van der Waals surface area contributed by atoms with E-state index in [4.69, 9.17) is 9.47 Å². The molecule has 0 aromatic heterocycles. The second kappa shape index (κ2) is 7.90. The Balaban J connectivity index is 2.64. The van der Waals surface area contributed by atoms with Crippen LogP contribution < -0.4 is 0 Å². The first-order valence-corrected chi connectivity index (χ1v) is 8.09. The van der Waals surface area contributed by atoms with Gasteiger partial charge in [-0.15, -0.1) is 0 Å². The number of ketones is 1. The molecule has 7 heteroatoms. The number of ether oxygens (including phenoxy) is 2. The molecule has 0 aliphatic rings. The standard InChI is InChI=1S/C14H18O6S/c1-3-19-8-9-20-14(16)10-21(17,18)13-6-4-12(5-7-13)11(2)15/h4-7H,3,8-10H2,1-2H3. The Morgan fingerprint density at radius 1 is 1.10 bits per heavy atom. The van der Waals surface area contributed by atoms with Crippen LogP contribution in [0.25, 0.3) is 0 Å².